The van der Waals surface area contributed by atoms with Crippen molar-refractivity contribution in [2.75, 3.05) is 6.61 Å². The highest BCUT2D eigenvalue weighted by molar-refractivity contribution is 6.33. The summed E-state index contributed by atoms with van der Waals surface area (Å²) in [5, 5.41) is 6.23. The minimum absolute atomic E-state index is 0.164. The zero-order chi connectivity index (χ0) is 23.0. The lowest BCUT2D eigenvalue weighted by Gasteiger charge is -2.08. The van der Waals surface area contributed by atoms with Crippen molar-refractivity contribution < 1.29 is 19.1 Å². The molecule has 33 heavy (non-hydrogen) atoms. The number of hydrogen-bond donors (Lipinski definition) is 1. The Morgan fingerprint density at radius 2 is 1.61 bits per heavy atom. The summed E-state index contributed by atoms with van der Waals surface area (Å²) < 4.78 is 11.0. The number of nitrogens with zero attached hydrogens (tertiary/aromatic N) is 1. The van der Waals surface area contributed by atoms with E-state index in [0.29, 0.717) is 27.6 Å². The second-order valence-electron chi connectivity index (χ2n) is 7.00. The summed E-state index contributed by atoms with van der Waals surface area (Å²) in [6.07, 6.45) is 1.48. The first-order valence-corrected chi connectivity index (χ1v) is 10.5. The molecule has 0 spiro atoms. The molecule has 4 rings (SSSR count). The van der Waals surface area contributed by atoms with Crippen LogP contribution in [0.15, 0.2) is 96.1 Å². The predicted octanol–water partition coefficient (Wildman–Crippen LogP) is 5.24. The third kappa shape index (κ3) is 5.75. The van der Waals surface area contributed by atoms with Gasteiger partial charge in [0.15, 0.2) is 6.61 Å². The molecule has 0 unspecified atom stereocenters. The fourth-order valence-electron chi connectivity index (χ4n) is 3.09. The van der Waals surface area contributed by atoms with Crippen LogP contribution in [0.2, 0.25) is 5.02 Å². The molecular weight excluding hydrogens is 440 g/mol. The molecule has 4 aromatic rings. The molecule has 0 heterocycles. The Bertz CT molecular complexity index is 1310. The van der Waals surface area contributed by atoms with Crippen LogP contribution in [0.25, 0.3) is 10.8 Å². The highest BCUT2D eigenvalue weighted by Gasteiger charge is 2.12. The quantitative estimate of drug-likeness (QED) is 0.178. The Morgan fingerprint density at radius 3 is 2.42 bits per heavy atom. The molecule has 0 aliphatic carbocycles. The van der Waals surface area contributed by atoms with E-state index in [4.69, 9.17) is 21.1 Å². The van der Waals surface area contributed by atoms with Gasteiger partial charge in [-0.25, -0.2) is 10.2 Å². The van der Waals surface area contributed by atoms with Crippen molar-refractivity contribution in [1.82, 2.24) is 5.43 Å². The standard InChI is InChI=1S/C26H19ClN2O4/c27-23-10-4-3-9-22(23)26(31)33-20-14-12-18(13-15-20)16-28-29-25(30)17-32-24-11-5-7-19-6-1-2-8-21(19)24/h1-16H,17H2,(H,29,30). The third-order valence-electron chi connectivity index (χ3n) is 4.70. The monoisotopic (exact) mass is 458 g/mol. The second kappa shape index (κ2) is 10.4. The number of carbonyl (C=O) groups is 2. The zero-order valence-corrected chi connectivity index (χ0v) is 18.2. The SMILES string of the molecule is O=C(COc1cccc2ccccc12)NN=Cc1ccc(OC(=O)c2ccccc2Cl)cc1. The molecule has 0 aliphatic heterocycles. The summed E-state index contributed by atoms with van der Waals surface area (Å²) in [6.45, 7) is -0.164. The van der Waals surface area contributed by atoms with Gasteiger partial charge in [-0.15, -0.1) is 0 Å². The predicted molar refractivity (Wildman–Crippen MR) is 128 cm³/mol. The van der Waals surface area contributed by atoms with Gasteiger partial charge < -0.3 is 9.47 Å². The summed E-state index contributed by atoms with van der Waals surface area (Å²) in [6, 6.07) is 26.8. The minimum atomic E-state index is -0.541. The molecule has 0 fully saturated rings. The lowest BCUT2D eigenvalue weighted by Crippen LogP contribution is -2.24. The van der Waals surface area contributed by atoms with Gasteiger partial charge in [-0.1, -0.05) is 60.1 Å². The minimum Gasteiger partial charge on any atom is -0.483 e. The van der Waals surface area contributed by atoms with Crippen LogP contribution in [0.1, 0.15) is 15.9 Å². The van der Waals surface area contributed by atoms with E-state index in [1.54, 1.807) is 48.5 Å². The third-order valence-corrected chi connectivity index (χ3v) is 5.03. The van der Waals surface area contributed by atoms with Crippen LogP contribution in [0, 0.1) is 0 Å². The zero-order valence-electron chi connectivity index (χ0n) is 17.4. The fraction of sp³-hybridized carbons (Fsp3) is 0.0385. The van der Waals surface area contributed by atoms with E-state index in [-0.39, 0.29) is 12.5 Å². The second-order valence-corrected chi connectivity index (χ2v) is 7.40. The van der Waals surface area contributed by atoms with Gasteiger partial charge in [0.1, 0.15) is 11.5 Å². The highest BCUT2D eigenvalue weighted by Crippen LogP contribution is 2.25. The Morgan fingerprint density at radius 1 is 0.879 bits per heavy atom. The van der Waals surface area contributed by atoms with Crippen LogP contribution in [0.5, 0.6) is 11.5 Å². The summed E-state index contributed by atoms with van der Waals surface area (Å²) in [5.74, 6) is 0.0729. The molecule has 0 aliphatic rings. The lowest BCUT2D eigenvalue weighted by molar-refractivity contribution is -0.123. The first kappa shape index (κ1) is 22.0. The normalized spacial score (nSPS) is 10.8. The van der Waals surface area contributed by atoms with Crippen LogP contribution < -0.4 is 14.9 Å². The van der Waals surface area contributed by atoms with Crippen LogP contribution in [-0.2, 0) is 4.79 Å². The van der Waals surface area contributed by atoms with Gasteiger partial charge in [-0.2, -0.15) is 5.10 Å². The van der Waals surface area contributed by atoms with Crippen molar-refractivity contribution in [2.24, 2.45) is 5.10 Å². The van der Waals surface area contributed by atoms with E-state index in [1.165, 1.54) is 6.21 Å². The topological polar surface area (TPSA) is 77.0 Å². The molecule has 0 atom stereocenters. The first-order valence-electron chi connectivity index (χ1n) is 10.1. The Labute approximate surface area is 195 Å². The molecule has 0 bridgehead atoms. The highest BCUT2D eigenvalue weighted by atomic mass is 35.5. The number of hydrazone groups is 1. The molecule has 0 aromatic heterocycles. The molecule has 7 heteroatoms. The smallest absolute Gasteiger partial charge is 0.345 e. The summed E-state index contributed by atoms with van der Waals surface area (Å²) >= 11 is 6.01. The van der Waals surface area contributed by atoms with E-state index < -0.39 is 5.97 Å². The summed E-state index contributed by atoms with van der Waals surface area (Å²) in [7, 11) is 0. The molecule has 0 saturated heterocycles. The molecule has 0 radical (unpaired) electrons. The van der Waals surface area contributed by atoms with Crippen molar-refractivity contribution in [1.29, 1.82) is 0 Å². The molecule has 1 N–H and O–H groups in total. The number of halogens is 1. The number of ether oxygens (including phenoxy) is 2. The fourth-order valence-corrected chi connectivity index (χ4v) is 3.30. The van der Waals surface area contributed by atoms with Gasteiger partial charge in [0, 0.05) is 5.39 Å². The van der Waals surface area contributed by atoms with E-state index in [9.17, 15) is 9.59 Å². The van der Waals surface area contributed by atoms with Crippen LogP contribution in [-0.4, -0.2) is 24.7 Å². The number of benzene rings is 4. The molecule has 164 valence electrons. The summed E-state index contributed by atoms with van der Waals surface area (Å²) in [4.78, 5) is 24.3. The van der Waals surface area contributed by atoms with Crippen molar-refractivity contribution in [2.45, 2.75) is 0 Å². The van der Waals surface area contributed by atoms with Crippen LogP contribution in [0.3, 0.4) is 0 Å². The number of rotatable bonds is 7. The first-order chi connectivity index (χ1) is 16.1. The average molecular weight is 459 g/mol. The van der Waals surface area contributed by atoms with Gasteiger partial charge in [0.05, 0.1) is 16.8 Å². The largest absolute Gasteiger partial charge is 0.483 e. The Kier molecular flexibility index (Phi) is 6.97. The number of nitrogens with one attached hydrogen (secondary N) is 1. The van der Waals surface area contributed by atoms with Gasteiger partial charge in [0.25, 0.3) is 5.91 Å². The van der Waals surface area contributed by atoms with Crippen molar-refractivity contribution >= 4 is 40.5 Å². The van der Waals surface area contributed by atoms with Crippen LogP contribution in [0.4, 0.5) is 0 Å². The van der Waals surface area contributed by atoms with Crippen LogP contribution >= 0.6 is 11.6 Å². The average Bonchev–Trinajstić information content (AvgIpc) is 2.84. The van der Waals surface area contributed by atoms with Crippen molar-refractivity contribution in [3.05, 3.63) is 107 Å². The Hall–Kier alpha value is -4.16. The van der Waals surface area contributed by atoms with Crippen molar-refractivity contribution in [3.8, 4) is 11.5 Å². The van der Waals surface area contributed by atoms with Gasteiger partial charge in [0.2, 0.25) is 0 Å². The maximum Gasteiger partial charge on any atom is 0.345 e. The lowest BCUT2D eigenvalue weighted by atomic mass is 10.1. The number of amides is 1. The van der Waals surface area contributed by atoms with E-state index in [0.717, 1.165) is 10.8 Å². The molecule has 0 saturated carbocycles. The number of carbonyl (C=O) groups excluding carboxylic acids is 2. The Balaban J connectivity index is 1.28. The summed E-state index contributed by atoms with van der Waals surface area (Å²) in [5.41, 5.74) is 3.43. The van der Waals surface area contributed by atoms with Crippen molar-refractivity contribution in [3.63, 3.8) is 0 Å². The van der Waals surface area contributed by atoms with Gasteiger partial charge >= 0.3 is 5.97 Å². The number of esters is 1. The van der Waals surface area contributed by atoms with Gasteiger partial charge in [-0.05, 0) is 53.4 Å². The number of hydrogen-bond acceptors (Lipinski definition) is 5. The molecule has 4 aromatic carbocycles. The molecule has 6 nitrogen and oxygen atoms in total. The maximum absolute atomic E-state index is 12.2. The maximum atomic E-state index is 12.2. The van der Waals surface area contributed by atoms with E-state index in [1.807, 2.05) is 42.5 Å². The van der Waals surface area contributed by atoms with E-state index >= 15 is 0 Å². The molecule has 1 amide bonds. The number of fused-ring (bicyclic) bond motifs is 1. The molecular formula is C26H19ClN2O4. The van der Waals surface area contributed by atoms with Gasteiger partial charge in [-0.3, -0.25) is 4.79 Å². The van der Waals surface area contributed by atoms with E-state index in [2.05, 4.69) is 10.5 Å².